The van der Waals surface area contributed by atoms with Gasteiger partial charge in [-0.05, 0) is 50.6 Å². The predicted octanol–water partition coefficient (Wildman–Crippen LogP) is 4.35. The summed E-state index contributed by atoms with van der Waals surface area (Å²) in [6.07, 6.45) is 3.25. The molecule has 1 saturated heterocycles. The van der Waals surface area contributed by atoms with Crippen molar-refractivity contribution in [3.63, 3.8) is 0 Å². The molecule has 0 bridgehead atoms. The van der Waals surface area contributed by atoms with Gasteiger partial charge < -0.3 is 24.6 Å². The van der Waals surface area contributed by atoms with Crippen LogP contribution in [0.2, 0.25) is 0 Å². The number of carbonyl (C=O) groups excluding carboxylic acids is 1. The monoisotopic (exact) mass is 462 g/mol. The van der Waals surface area contributed by atoms with Gasteiger partial charge in [0.1, 0.15) is 11.4 Å². The average molecular weight is 463 g/mol. The molecule has 0 saturated carbocycles. The number of benzene rings is 1. The van der Waals surface area contributed by atoms with E-state index in [9.17, 15) is 4.79 Å². The van der Waals surface area contributed by atoms with Gasteiger partial charge in [-0.3, -0.25) is 0 Å². The quantitative estimate of drug-likeness (QED) is 0.598. The second-order valence-corrected chi connectivity index (χ2v) is 8.99. The molecule has 1 aromatic carbocycles. The number of anilines is 3. The molecule has 34 heavy (non-hydrogen) atoms. The zero-order chi connectivity index (χ0) is 24.1. The van der Waals surface area contributed by atoms with Crippen molar-refractivity contribution >= 4 is 23.5 Å². The minimum Gasteiger partial charge on any atom is -0.481 e. The van der Waals surface area contributed by atoms with Crippen LogP contribution < -0.4 is 15.0 Å². The third kappa shape index (κ3) is 5.92. The van der Waals surface area contributed by atoms with Crippen LogP contribution in [0.25, 0.3) is 11.1 Å². The van der Waals surface area contributed by atoms with E-state index >= 15 is 0 Å². The molecule has 1 N–H and O–H groups in total. The highest BCUT2D eigenvalue weighted by molar-refractivity contribution is 5.69. The molecule has 0 radical (unpaired) electrons. The Morgan fingerprint density at radius 3 is 2.26 bits per heavy atom. The number of amides is 1. The van der Waals surface area contributed by atoms with Crippen molar-refractivity contribution in [2.24, 2.45) is 0 Å². The number of piperazine rings is 1. The molecule has 0 spiro atoms. The van der Waals surface area contributed by atoms with E-state index in [2.05, 4.69) is 25.2 Å². The van der Waals surface area contributed by atoms with Crippen molar-refractivity contribution < 1.29 is 14.3 Å². The Bertz CT molecular complexity index is 1100. The van der Waals surface area contributed by atoms with E-state index in [0.717, 1.165) is 16.8 Å². The predicted molar refractivity (Wildman–Crippen MR) is 132 cm³/mol. The fourth-order valence-electron chi connectivity index (χ4n) is 3.55. The molecule has 178 valence electrons. The Kier molecular flexibility index (Phi) is 6.81. The lowest BCUT2D eigenvalue weighted by Crippen LogP contribution is -2.50. The largest absolute Gasteiger partial charge is 0.481 e. The standard InChI is InChI=1S/C25H30N6O3/c1-25(2,3)34-24(32)31-15-13-30(14-16-31)23-26-12-11-21(29-23)28-20-8-5-18(6-9-20)19-7-10-22(33-4)27-17-19/h5-12,17H,13-16H2,1-4H3,(H,26,28,29). The fourth-order valence-corrected chi connectivity index (χ4v) is 3.55. The summed E-state index contributed by atoms with van der Waals surface area (Å²) in [6.45, 7) is 8.04. The van der Waals surface area contributed by atoms with Crippen LogP contribution in [0.5, 0.6) is 5.88 Å². The third-order valence-electron chi connectivity index (χ3n) is 5.29. The van der Waals surface area contributed by atoms with Crippen molar-refractivity contribution in [3.8, 4) is 17.0 Å². The van der Waals surface area contributed by atoms with Crippen molar-refractivity contribution in [2.45, 2.75) is 26.4 Å². The number of methoxy groups -OCH3 is 1. The molecule has 3 heterocycles. The molecule has 9 nitrogen and oxygen atoms in total. The van der Waals surface area contributed by atoms with Gasteiger partial charge in [-0.1, -0.05) is 12.1 Å². The van der Waals surface area contributed by atoms with Gasteiger partial charge in [-0.25, -0.2) is 14.8 Å². The summed E-state index contributed by atoms with van der Waals surface area (Å²) in [5.41, 5.74) is 2.50. The smallest absolute Gasteiger partial charge is 0.410 e. The summed E-state index contributed by atoms with van der Waals surface area (Å²) in [7, 11) is 1.60. The first-order chi connectivity index (χ1) is 16.3. The Morgan fingerprint density at radius 1 is 0.941 bits per heavy atom. The highest BCUT2D eigenvalue weighted by atomic mass is 16.6. The van der Waals surface area contributed by atoms with Crippen molar-refractivity contribution in [3.05, 3.63) is 54.9 Å². The minimum absolute atomic E-state index is 0.280. The van der Waals surface area contributed by atoms with Gasteiger partial charge in [0.05, 0.1) is 7.11 Å². The van der Waals surface area contributed by atoms with Gasteiger partial charge in [-0.2, -0.15) is 4.98 Å². The van der Waals surface area contributed by atoms with Crippen molar-refractivity contribution in [1.29, 1.82) is 0 Å². The summed E-state index contributed by atoms with van der Waals surface area (Å²) in [6, 6.07) is 13.7. The van der Waals surface area contributed by atoms with E-state index < -0.39 is 5.60 Å². The van der Waals surface area contributed by atoms with E-state index in [1.807, 2.05) is 63.2 Å². The van der Waals surface area contributed by atoms with E-state index in [1.54, 1.807) is 24.4 Å². The molecule has 9 heteroatoms. The lowest BCUT2D eigenvalue weighted by atomic mass is 10.1. The maximum atomic E-state index is 12.3. The van der Waals surface area contributed by atoms with Gasteiger partial charge in [0.25, 0.3) is 0 Å². The van der Waals surface area contributed by atoms with Gasteiger partial charge in [0.15, 0.2) is 0 Å². The van der Waals surface area contributed by atoms with Crippen LogP contribution in [0.1, 0.15) is 20.8 Å². The molecule has 0 unspecified atom stereocenters. The lowest BCUT2D eigenvalue weighted by molar-refractivity contribution is 0.0240. The molecule has 4 rings (SSSR count). The molecule has 1 fully saturated rings. The van der Waals surface area contributed by atoms with Gasteiger partial charge in [0.2, 0.25) is 11.8 Å². The maximum absolute atomic E-state index is 12.3. The molecule has 3 aromatic rings. The van der Waals surface area contributed by atoms with Crippen LogP contribution in [0.15, 0.2) is 54.9 Å². The van der Waals surface area contributed by atoms with E-state index in [1.165, 1.54) is 0 Å². The Hall–Kier alpha value is -3.88. The number of rotatable bonds is 5. The molecule has 1 aliphatic heterocycles. The number of nitrogens with zero attached hydrogens (tertiary/aromatic N) is 5. The molecule has 0 aliphatic carbocycles. The molecule has 1 amide bonds. The molecular weight excluding hydrogens is 432 g/mol. The van der Waals surface area contributed by atoms with E-state index in [0.29, 0.717) is 43.8 Å². The van der Waals surface area contributed by atoms with Crippen molar-refractivity contribution in [2.75, 3.05) is 43.5 Å². The average Bonchev–Trinajstić information content (AvgIpc) is 2.84. The number of carbonyl (C=O) groups is 1. The SMILES string of the molecule is COc1ccc(-c2ccc(Nc3ccnc(N4CCN(C(=O)OC(C)(C)C)CC4)n3)cc2)cn1. The molecule has 0 atom stereocenters. The number of aromatic nitrogens is 3. The maximum Gasteiger partial charge on any atom is 0.410 e. The first kappa shape index (κ1) is 23.3. The fraction of sp³-hybridized carbons (Fsp3) is 0.360. The lowest BCUT2D eigenvalue weighted by Gasteiger charge is -2.35. The number of hydrogen-bond acceptors (Lipinski definition) is 8. The van der Waals surface area contributed by atoms with E-state index in [4.69, 9.17) is 9.47 Å². The first-order valence-corrected chi connectivity index (χ1v) is 11.2. The molecule has 1 aliphatic rings. The van der Waals surface area contributed by atoms with Crippen LogP contribution in [0.4, 0.5) is 22.2 Å². The second-order valence-electron chi connectivity index (χ2n) is 8.99. The topological polar surface area (TPSA) is 92.7 Å². The normalized spacial score (nSPS) is 14.0. The zero-order valence-electron chi connectivity index (χ0n) is 20.0. The van der Waals surface area contributed by atoms with Crippen LogP contribution in [0, 0.1) is 0 Å². The number of pyridine rings is 1. The Labute approximate surface area is 199 Å². The van der Waals surface area contributed by atoms with E-state index in [-0.39, 0.29) is 6.09 Å². The summed E-state index contributed by atoms with van der Waals surface area (Å²) < 4.78 is 10.6. The highest BCUT2D eigenvalue weighted by Gasteiger charge is 2.26. The van der Waals surface area contributed by atoms with Crippen LogP contribution in [-0.2, 0) is 4.74 Å². The summed E-state index contributed by atoms with van der Waals surface area (Å²) in [5.74, 6) is 1.93. The van der Waals surface area contributed by atoms with Gasteiger partial charge >= 0.3 is 6.09 Å². The van der Waals surface area contributed by atoms with Crippen LogP contribution in [0.3, 0.4) is 0 Å². The summed E-state index contributed by atoms with van der Waals surface area (Å²) >= 11 is 0. The number of nitrogens with one attached hydrogen (secondary N) is 1. The Balaban J connectivity index is 1.36. The third-order valence-corrected chi connectivity index (χ3v) is 5.29. The van der Waals surface area contributed by atoms with Crippen LogP contribution in [-0.4, -0.2) is 64.8 Å². The number of hydrogen-bond donors (Lipinski definition) is 1. The first-order valence-electron chi connectivity index (χ1n) is 11.2. The second kappa shape index (κ2) is 9.94. The van der Waals surface area contributed by atoms with Gasteiger partial charge in [0, 0.05) is 55.9 Å². The molecule has 2 aromatic heterocycles. The van der Waals surface area contributed by atoms with Gasteiger partial charge in [-0.15, -0.1) is 0 Å². The zero-order valence-corrected chi connectivity index (χ0v) is 20.0. The van der Waals surface area contributed by atoms with Crippen LogP contribution >= 0.6 is 0 Å². The minimum atomic E-state index is -0.499. The number of ether oxygens (including phenoxy) is 2. The Morgan fingerprint density at radius 2 is 1.65 bits per heavy atom. The molecular formula is C25H30N6O3. The highest BCUT2D eigenvalue weighted by Crippen LogP contribution is 2.24. The summed E-state index contributed by atoms with van der Waals surface area (Å²) in [4.78, 5) is 29.4. The summed E-state index contributed by atoms with van der Waals surface area (Å²) in [5, 5.41) is 3.34. The van der Waals surface area contributed by atoms with Crippen molar-refractivity contribution in [1.82, 2.24) is 19.9 Å².